The van der Waals surface area contributed by atoms with Crippen molar-refractivity contribution in [2.24, 2.45) is 23.0 Å². The topological polar surface area (TPSA) is 75.4 Å². The molecule has 2 aliphatic rings. The number of nitrogens with one attached hydrogen (secondary N) is 1. The van der Waals surface area contributed by atoms with Gasteiger partial charge in [-0.2, -0.15) is 0 Å². The second kappa shape index (κ2) is 6.99. The first-order valence-electron chi connectivity index (χ1n) is 8.56. The fraction of sp³-hybridized carbons (Fsp3) is 0.882. The summed E-state index contributed by atoms with van der Waals surface area (Å²) in [6.07, 6.45) is 5.06. The van der Waals surface area contributed by atoms with Crippen molar-refractivity contribution in [3.63, 3.8) is 0 Å². The number of hydrogen-bond donors (Lipinski definition) is 2. The Bertz CT molecular complexity index is 414. The Morgan fingerprint density at radius 2 is 1.86 bits per heavy atom. The number of likely N-dealkylation sites (tertiary alicyclic amines) is 1. The molecule has 2 amide bonds. The van der Waals surface area contributed by atoms with E-state index in [2.05, 4.69) is 26.1 Å². The lowest BCUT2D eigenvalue weighted by atomic mass is 9.70. The van der Waals surface area contributed by atoms with Crippen LogP contribution < -0.4 is 11.1 Å². The van der Waals surface area contributed by atoms with Crippen LogP contribution in [0.15, 0.2) is 0 Å². The molecule has 0 aromatic carbocycles. The minimum Gasteiger partial charge on any atom is -0.369 e. The van der Waals surface area contributed by atoms with Crippen LogP contribution in [-0.4, -0.2) is 42.4 Å². The number of nitrogens with two attached hydrogens (primary N) is 1. The van der Waals surface area contributed by atoms with Gasteiger partial charge in [-0.1, -0.05) is 20.8 Å². The molecule has 2 unspecified atom stereocenters. The normalized spacial score (nSPS) is 30.0. The van der Waals surface area contributed by atoms with Gasteiger partial charge in [0.2, 0.25) is 11.8 Å². The van der Waals surface area contributed by atoms with Gasteiger partial charge in [0, 0.05) is 12.0 Å². The van der Waals surface area contributed by atoms with Gasteiger partial charge >= 0.3 is 0 Å². The zero-order valence-corrected chi connectivity index (χ0v) is 14.2. The number of hydrogen-bond acceptors (Lipinski definition) is 3. The van der Waals surface area contributed by atoms with Gasteiger partial charge in [0.25, 0.3) is 0 Å². The fourth-order valence-electron chi connectivity index (χ4n) is 4.35. The van der Waals surface area contributed by atoms with Crippen LogP contribution in [0.3, 0.4) is 0 Å². The molecule has 0 radical (unpaired) electrons. The standard InChI is InChI=1S/C17H31N3O2/c1-12-8-14(10-17(2,3)9-12)19-16(22)13-4-6-20(7-5-13)11-15(18)21/h12-14H,4-11H2,1-3H3,(H2,18,21)(H,19,22). The Kier molecular flexibility index (Phi) is 5.48. The van der Waals surface area contributed by atoms with Crippen LogP contribution in [0.2, 0.25) is 0 Å². The molecule has 3 N–H and O–H groups in total. The van der Waals surface area contributed by atoms with Gasteiger partial charge in [0.15, 0.2) is 0 Å². The highest BCUT2D eigenvalue weighted by molar-refractivity contribution is 5.79. The van der Waals surface area contributed by atoms with Gasteiger partial charge in [-0.25, -0.2) is 0 Å². The number of rotatable bonds is 4. The van der Waals surface area contributed by atoms with Crippen molar-refractivity contribution in [1.29, 1.82) is 0 Å². The van der Waals surface area contributed by atoms with Gasteiger partial charge in [-0.15, -0.1) is 0 Å². The first-order valence-corrected chi connectivity index (χ1v) is 8.56. The summed E-state index contributed by atoms with van der Waals surface area (Å²) >= 11 is 0. The van der Waals surface area contributed by atoms with E-state index in [4.69, 9.17) is 5.73 Å². The van der Waals surface area contributed by atoms with E-state index in [-0.39, 0.29) is 17.7 Å². The fourth-order valence-corrected chi connectivity index (χ4v) is 4.35. The summed E-state index contributed by atoms with van der Waals surface area (Å²) in [5.74, 6) is 0.672. The monoisotopic (exact) mass is 309 g/mol. The first kappa shape index (κ1) is 17.3. The van der Waals surface area contributed by atoms with Crippen molar-refractivity contribution >= 4 is 11.8 Å². The van der Waals surface area contributed by atoms with Crippen molar-refractivity contribution in [3.8, 4) is 0 Å². The van der Waals surface area contributed by atoms with Crippen LogP contribution in [0.25, 0.3) is 0 Å². The van der Waals surface area contributed by atoms with E-state index < -0.39 is 0 Å². The van der Waals surface area contributed by atoms with E-state index in [1.54, 1.807) is 0 Å². The van der Waals surface area contributed by atoms with Crippen LogP contribution in [0, 0.1) is 17.3 Å². The van der Waals surface area contributed by atoms with Crippen LogP contribution in [-0.2, 0) is 9.59 Å². The summed E-state index contributed by atoms with van der Waals surface area (Å²) < 4.78 is 0. The molecular formula is C17H31N3O2. The summed E-state index contributed by atoms with van der Waals surface area (Å²) in [5.41, 5.74) is 5.54. The second-order valence-corrected chi connectivity index (χ2v) is 8.14. The Balaban J connectivity index is 1.79. The Morgan fingerprint density at radius 3 is 2.41 bits per heavy atom. The Morgan fingerprint density at radius 1 is 1.23 bits per heavy atom. The molecule has 126 valence electrons. The summed E-state index contributed by atoms with van der Waals surface area (Å²) in [6.45, 7) is 8.75. The molecule has 1 aliphatic heterocycles. The SMILES string of the molecule is CC1CC(NC(=O)C2CCN(CC(N)=O)CC2)CC(C)(C)C1. The Labute approximate surface area is 134 Å². The van der Waals surface area contributed by atoms with Crippen molar-refractivity contribution in [1.82, 2.24) is 10.2 Å². The molecule has 0 aromatic heterocycles. The average molecular weight is 309 g/mol. The van der Waals surface area contributed by atoms with Gasteiger partial charge in [-0.05, 0) is 56.5 Å². The predicted molar refractivity (Wildman–Crippen MR) is 87.1 cm³/mol. The lowest BCUT2D eigenvalue weighted by Gasteiger charge is -2.40. The highest BCUT2D eigenvalue weighted by atomic mass is 16.2. The van der Waals surface area contributed by atoms with E-state index in [1.165, 1.54) is 6.42 Å². The molecule has 0 aromatic rings. The van der Waals surface area contributed by atoms with Gasteiger partial charge in [0.1, 0.15) is 0 Å². The zero-order chi connectivity index (χ0) is 16.3. The van der Waals surface area contributed by atoms with Crippen molar-refractivity contribution in [3.05, 3.63) is 0 Å². The van der Waals surface area contributed by atoms with Gasteiger partial charge in [-0.3, -0.25) is 14.5 Å². The van der Waals surface area contributed by atoms with Crippen LogP contribution in [0.5, 0.6) is 0 Å². The number of carbonyl (C=O) groups excluding carboxylic acids is 2. The molecule has 0 spiro atoms. The van der Waals surface area contributed by atoms with Crippen LogP contribution in [0.4, 0.5) is 0 Å². The summed E-state index contributed by atoms with van der Waals surface area (Å²) in [5, 5.41) is 3.28. The van der Waals surface area contributed by atoms with Gasteiger partial charge in [0.05, 0.1) is 6.54 Å². The van der Waals surface area contributed by atoms with E-state index in [1.807, 2.05) is 4.90 Å². The van der Waals surface area contributed by atoms with Gasteiger partial charge < -0.3 is 11.1 Å². The largest absolute Gasteiger partial charge is 0.369 e. The first-order chi connectivity index (χ1) is 10.2. The van der Waals surface area contributed by atoms with Crippen molar-refractivity contribution in [2.45, 2.75) is 58.9 Å². The molecular weight excluding hydrogens is 278 g/mol. The second-order valence-electron chi connectivity index (χ2n) is 8.14. The molecule has 5 heteroatoms. The molecule has 1 saturated heterocycles. The molecule has 2 fully saturated rings. The minimum atomic E-state index is -0.290. The Hall–Kier alpha value is -1.10. The lowest BCUT2D eigenvalue weighted by molar-refractivity contribution is -0.128. The molecule has 5 nitrogen and oxygen atoms in total. The number of amides is 2. The number of piperidine rings is 1. The highest BCUT2D eigenvalue weighted by Crippen LogP contribution is 2.38. The molecule has 22 heavy (non-hydrogen) atoms. The molecule has 1 aliphatic carbocycles. The molecule has 2 atom stereocenters. The number of nitrogens with zero attached hydrogens (tertiary/aromatic N) is 1. The third-order valence-corrected chi connectivity index (χ3v) is 5.07. The van der Waals surface area contributed by atoms with Crippen molar-refractivity contribution < 1.29 is 9.59 Å². The summed E-state index contributed by atoms with van der Waals surface area (Å²) in [4.78, 5) is 25.5. The smallest absolute Gasteiger partial charge is 0.231 e. The third-order valence-electron chi connectivity index (χ3n) is 5.07. The van der Waals surface area contributed by atoms with E-state index in [9.17, 15) is 9.59 Å². The number of primary amides is 1. The highest BCUT2D eigenvalue weighted by Gasteiger charge is 2.34. The summed E-state index contributed by atoms with van der Waals surface area (Å²) in [6, 6.07) is 0.315. The zero-order valence-electron chi connectivity index (χ0n) is 14.2. The predicted octanol–water partition coefficient (Wildman–Crippen LogP) is 1.51. The third kappa shape index (κ3) is 4.97. The lowest BCUT2D eigenvalue weighted by Crippen LogP contribution is -2.48. The average Bonchev–Trinajstić information content (AvgIpc) is 2.36. The summed E-state index contributed by atoms with van der Waals surface area (Å²) in [7, 11) is 0. The number of carbonyl (C=O) groups is 2. The van der Waals surface area contributed by atoms with Crippen LogP contribution >= 0.6 is 0 Å². The minimum absolute atomic E-state index is 0.0875. The van der Waals surface area contributed by atoms with E-state index in [0.29, 0.717) is 23.9 Å². The van der Waals surface area contributed by atoms with Crippen molar-refractivity contribution in [2.75, 3.05) is 19.6 Å². The molecule has 0 bridgehead atoms. The quantitative estimate of drug-likeness (QED) is 0.826. The molecule has 1 saturated carbocycles. The van der Waals surface area contributed by atoms with E-state index in [0.717, 1.165) is 38.8 Å². The van der Waals surface area contributed by atoms with Crippen LogP contribution in [0.1, 0.15) is 52.9 Å². The molecule has 1 heterocycles. The maximum Gasteiger partial charge on any atom is 0.231 e. The van der Waals surface area contributed by atoms with E-state index >= 15 is 0 Å². The molecule has 2 rings (SSSR count). The maximum absolute atomic E-state index is 12.5. The maximum atomic E-state index is 12.5.